The van der Waals surface area contributed by atoms with Crippen LogP contribution < -0.4 is 0 Å². The second-order valence-electron chi connectivity index (χ2n) is 5.79. The largest absolute Gasteiger partial charge is 0.378 e. The molecule has 5 nitrogen and oxygen atoms in total. The normalized spacial score (nSPS) is 15.8. The lowest BCUT2D eigenvalue weighted by molar-refractivity contribution is 0.0302. The molecule has 0 spiro atoms. The molecule has 1 aromatic carbocycles. The zero-order chi connectivity index (χ0) is 16.2. The molecular formula is C16H23NO4S. The van der Waals surface area contributed by atoms with Gasteiger partial charge in [-0.05, 0) is 37.0 Å². The maximum atomic E-state index is 12.5. The lowest BCUT2D eigenvalue weighted by Gasteiger charge is -2.27. The van der Waals surface area contributed by atoms with E-state index in [0.717, 1.165) is 11.1 Å². The molecule has 1 aromatic rings. The van der Waals surface area contributed by atoms with E-state index in [1.165, 1.54) is 6.26 Å². The molecule has 22 heavy (non-hydrogen) atoms. The number of morpholine rings is 1. The molecular weight excluding hydrogens is 302 g/mol. The van der Waals surface area contributed by atoms with Gasteiger partial charge in [0.1, 0.15) is 9.84 Å². The van der Waals surface area contributed by atoms with Crippen molar-refractivity contribution < 1.29 is 17.9 Å². The van der Waals surface area contributed by atoms with Gasteiger partial charge in [-0.2, -0.15) is 0 Å². The summed E-state index contributed by atoms with van der Waals surface area (Å²) in [5, 5.41) is 0. The third-order valence-electron chi connectivity index (χ3n) is 3.80. The Bertz CT molecular complexity index is 634. The maximum absolute atomic E-state index is 12.5. The molecule has 122 valence electrons. The zero-order valence-corrected chi connectivity index (χ0v) is 14.0. The Morgan fingerprint density at radius 3 is 2.55 bits per heavy atom. The van der Waals surface area contributed by atoms with Crippen LogP contribution in [0.1, 0.15) is 27.9 Å². The van der Waals surface area contributed by atoms with Crippen LogP contribution in [0.2, 0.25) is 0 Å². The van der Waals surface area contributed by atoms with Crippen molar-refractivity contribution in [2.75, 3.05) is 38.3 Å². The summed E-state index contributed by atoms with van der Waals surface area (Å²) in [7, 11) is -2.91. The Morgan fingerprint density at radius 1 is 1.27 bits per heavy atom. The third-order valence-corrected chi connectivity index (χ3v) is 4.83. The number of hydrogen-bond donors (Lipinski definition) is 0. The number of aryl methyl sites for hydroxylation is 2. The van der Waals surface area contributed by atoms with Gasteiger partial charge in [0.15, 0.2) is 0 Å². The molecule has 0 atom stereocenters. The molecule has 0 N–H and O–H groups in total. The minimum absolute atomic E-state index is 0.0449. The van der Waals surface area contributed by atoms with Crippen LogP contribution in [-0.2, 0) is 21.0 Å². The molecule has 0 radical (unpaired) electrons. The molecule has 2 rings (SSSR count). The van der Waals surface area contributed by atoms with Gasteiger partial charge in [0.25, 0.3) is 5.91 Å². The number of rotatable bonds is 5. The number of nitrogens with zero attached hydrogens (tertiary/aromatic N) is 1. The molecule has 0 aromatic heterocycles. The smallest absolute Gasteiger partial charge is 0.254 e. The van der Waals surface area contributed by atoms with Gasteiger partial charge in [-0.3, -0.25) is 4.79 Å². The number of carbonyl (C=O) groups excluding carboxylic acids is 1. The van der Waals surface area contributed by atoms with Crippen molar-refractivity contribution in [1.82, 2.24) is 4.90 Å². The van der Waals surface area contributed by atoms with Gasteiger partial charge in [-0.1, -0.05) is 12.1 Å². The van der Waals surface area contributed by atoms with E-state index in [9.17, 15) is 13.2 Å². The lowest BCUT2D eigenvalue weighted by Crippen LogP contribution is -2.40. The summed E-state index contributed by atoms with van der Waals surface area (Å²) in [5.74, 6) is 0.240. The van der Waals surface area contributed by atoms with Crippen molar-refractivity contribution >= 4 is 15.7 Å². The first-order chi connectivity index (χ1) is 10.4. The molecule has 1 heterocycles. The summed E-state index contributed by atoms with van der Waals surface area (Å²) in [4.78, 5) is 14.3. The first-order valence-corrected chi connectivity index (χ1v) is 9.57. The Labute approximate surface area is 132 Å². The number of benzene rings is 1. The molecule has 1 fully saturated rings. The predicted octanol–water partition coefficient (Wildman–Crippen LogP) is 1.44. The van der Waals surface area contributed by atoms with Crippen molar-refractivity contribution in [3.05, 3.63) is 34.9 Å². The molecule has 0 saturated carbocycles. The molecule has 0 bridgehead atoms. The third kappa shape index (κ3) is 4.81. The highest BCUT2D eigenvalue weighted by Gasteiger charge is 2.19. The first kappa shape index (κ1) is 17.0. The van der Waals surface area contributed by atoms with Gasteiger partial charge < -0.3 is 9.64 Å². The minimum Gasteiger partial charge on any atom is -0.378 e. The first-order valence-electron chi connectivity index (χ1n) is 7.51. The topological polar surface area (TPSA) is 63.7 Å². The molecule has 1 aliphatic heterocycles. The van der Waals surface area contributed by atoms with Crippen molar-refractivity contribution in [2.24, 2.45) is 0 Å². The van der Waals surface area contributed by atoms with Crippen LogP contribution >= 0.6 is 0 Å². The molecule has 6 heteroatoms. The van der Waals surface area contributed by atoms with Crippen LogP contribution in [0.4, 0.5) is 0 Å². The predicted molar refractivity (Wildman–Crippen MR) is 85.9 cm³/mol. The number of sulfone groups is 1. The summed E-state index contributed by atoms with van der Waals surface area (Å²) >= 11 is 0. The molecule has 0 aliphatic carbocycles. The van der Waals surface area contributed by atoms with Gasteiger partial charge in [0.2, 0.25) is 0 Å². The highest BCUT2D eigenvalue weighted by atomic mass is 32.2. The fourth-order valence-electron chi connectivity index (χ4n) is 2.60. The zero-order valence-electron chi connectivity index (χ0n) is 13.2. The van der Waals surface area contributed by atoms with Crippen LogP contribution in [0.5, 0.6) is 0 Å². The van der Waals surface area contributed by atoms with Gasteiger partial charge in [-0.25, -0.2) is 8.42 Å². The highest BCUT2D eigenvalue weighted by Crippen LogP contribution is 2.16. The van der Waals surface area contributed by atoms with E-state index < -0.39 is 9.84 Å². The molecule has 0 unspecified atom stereocenters. The van der Waals surface area contributed by atoms with Crippen LogP contribution in [0.25, 0.3) is 0 Å². The summed E-state index contributed by atoms with van der Waals surface area (Å²) < 4.78 is 27.6. The Morgan fingerprint density at radius 2 is 1.95 bits per heavy atom. The minimum atomic E-state index is -2.91. The van der Waals surface area contributed by atoms with Gasteiger partial charge in [0.05, 0.1) is 19.0 Å². The van der Waals surface area contributed by atoms with Crippen molar-refractivity contribution in [3.63, 3.8) is 0 Å². The van der Waals surface area contributed by atoms with Crippen molar-refractivity contribution in [3.8, 4) is 0 Å². The average Bonchev–Trinajstić information content (AvgIpc) is 2.46. The Balaban J connectivity index is 2.01. The quantitative estimate of drug-likeness (QED) is 0.822. The number of amides is 1. The van der Waals surface area contributed by atoms with E-state index >= 15 is 0 Å². The number of carbonyl (C=O) groups is 1. The van der Waals surface area contributed by atoms with Crippen molar-refractivity contribution in [1.29, 1.82) is 0 Å². The van der Waals surface area contributed by atoms with E-state index in [4.69, 9.17) is 4.74 Å². The van der Waals surface area contributed by atoms with Gasteiger partial charge >= 0.3 is 0 Å². The highest BCUT2D eigenvalue weighted by molar-refractivity contribution is 7.90. The van der Waals surface area contributed by atoms with E-state index in [1.54, 1.807) is 0 Å². The number of ether oxygens (including phenoxy) is 1. The van der Waals surface area contributed by atoms with Gasteiger partial charge in [0, 0.05) is 24.9 Å². The SMILES string of the molecule is Cc1cc(CCCS(C)(=O)=O)ccc1C(=O)N1CCOCC1. The van der Waals surface area contributed by atoms with Gasteiger partial charge in [-0.15, -0.1) is 0 Å². The maximum Gasteiger partial charge on any atom is 0.254 e. The van der Waals surface area contributed by atoms with Crippen LogP contribution in [0, 0.1) is 6.92 Å². The summed E-state index contributed by atoms with van der Waals surface area (Å²) in [6, 6.07) is 5.75. The number of hydrogen-bond acceptors (Lipinski definition) is 4. The van der Waals surface area contributed by atoms with Crippen LogP contribution in [0.15, 0.2) is 18.2 Å². The van der Waals surface area contributed by atoms with Crippen LogP contribution in [0.3, 0.4) is 0 Å². The lowest BCUT2D eigenvalue weighted by atomic mass is 10.0. The van der Waals surface area contributed by atoms with Crippen LogP contribution in [-0.4, -0.2) is 57.5 Å². The van der Waals surface area contributed by atoms with E-state index in [2.05, 4.69) is 0 Å². The Hall–Kier alpha value is -1.40. The van der Waals surface area contributed by atoms with Crippen molar-refractivity contribution in [2.45, 2.75) is 19.8 Å². The average molecular weight is 325 g/mol. The monoisotopic (exact) mass is 325 g/mol. The fourth-order valence-corrected chi connectivity index (χ4v) is 3.27. The van der Waals surface area contributed by atoms with E-state index in [0.29, 0.717) is 44.7 Å². The second-order valence-corrected chi connectivity index (χ2v) is 8.05. The second kappa shape index (κ2) is 7.24. The summed E-state index contributed by atoms with van der Waals surface area (Å²) in [5.41, 5.74) is 2.72. The Kier molecular flexibility index (Phi) is 5.58. The summed E-state index contributed by atoms with van der Waals surface area (Å²) in [6.07, 6.45) is 2.57. The summed E-state index contributed by atoms with van der Waals surface area (Å²) in [6.45, 7) is 4.37. The standard InChI is InChI=1S/C16H23NO4S/c1-13-12-14(4-3-11-22(2,19)20)5-6-15(13)16(18)17-7-9-21-10-8-17/h5-6,12H,3-4,7-11H2,1-2H3. The van der Waals surface area contributed by atoms with E-state index in [-0.39, 0.29) is 11.7 Å². The fraction of sp³-hybridized carbons (Fsp3) is 0.562. The van der Waals surface area contributed by atoms with E-state index in [1.807, 2.05) is 30.0 Å². The molecule has 1 amide bonds. The molecule has 1 aliphatic rings. The molecule has 1 saturated heterocycles.